The van der Waals surface area contributed by atoms with Crippen LogP contribution in [0.15, 0.2) is 0 Å². The monoisotopic (exact) mass is 290 g/mol. The molecule has 7 heteroatoms. The van der Waals surface area contributed by atoms with Crippen molar-refractivity contribution in [3.8, 4) is 0 Å². The average molecular weight is 290 g/mol. The molecule has 2 fully saturated rings. The molecule has 0 aliphatic carbocycles. The fourth-order valence-electron chi connectivity index (χ4n) is 2.35. The predicted octanol–water partition coefficient (Wildman–Crippen LogP) is 0.458. The molecular formula is C13H22O7. The fourth-order valence-corrected chi connectivity index (χ4v) is 2.35. The van der Waals surface area contributed by atoms with Gasteiger partial charge in [-0.1, -0.05) is 0 Å². The molecule has 0 saturated carbocycles. The van der Waals surface area contributed by atoms with Gasteiger partial charge in [-0.2, -0.15) is 0 Å². The van der Waals surface area contributed by atoms with E-state index in [0.717, 1.165) is 0 Å². The van der Waals surface area contributed by atoms with E-state index in [0.29, 0.717) is 13.2 Å². The molecule has 116 valence electrons. The highest BCUT2D eigenvalue weighted by atomic mass is 16.8. The highest BCUT2D eigenvalue weighted by Gasteiger charge is 2.55. The Bertz CT molecular complexity index is 344. The van der Waals surface area contributed by atoms with Crippen LogP contribution < -0.4 is 0 Å². The number of hydrogen-bond donors (Lipinski definition) is 0. The van der Waals surface area contributed by atoms with Crippen molar-refractivity contribution in [2.45, 2.75) is 51.2 Å². The van der Waals surface area contributed by atoms with Gasteiger partial charge in [-0.25, -0.2) is 0 Å². The zero-order valence-corrected chi connectivity index (χ0v) is 12.3. The zero-order chi connectivity index (χ0) is 14.8. The van der Waals surface area contributed by atoms with Gasteiger partial charge in [0.1, 0.15) is 24.9 Å². The Morgan fingerprint density at radius 2 is 2.00 bits per heavy atom. The number of carbonyl (C=O) groups excluding carboxylic acids is 1. The van der Waals surface area contributed by atoms with E-state index in [1.165, 1.54) is 6.92 Å². The number of fused-ring (bicyclic) bond motifs is 1. The molecular weight excluding hydrogens is 268 g/mol. The molecule has 0 N–H and O–H groups in total. The normalized spacial score (nSPS) is 35.0. The van der Waals surface area contributed by atoms with Crippen LogP contribution in [0, 0.1) is 0 Å². The number of rotatable bonds is 6. The van der Waals surface area contributed by atoms with Crippen LogP contribution in [-0.4, -0.2) is 63.3 Å². The van der Waals surface area contributed by atoms with Crippen molar-refractivity contribution in [1.29, 1.82) is 0 Å². The summed E-state index contributed by atoms with van der Waals surface area (Å²) in [5.74, 6) is -1.06. The number of esters is 1. The summed E-state index contributed by atoms with van der Waals surface area (Å²) in [6.45, 7) is 6.00. The maximum Gasteiger partial charge on any atom is 0.302 e. The van der Waals surface area contributed by atoms with Crippen LogP contribution in [0.5, 0.6) is 0 Å². The van der Waals surface area contributed by atoms with Crippen molar-refractivity contribution in [2.24, 2.45) is 0 Å². The maximum absolute atomic E-state index is 10.9. The van der Waals surface area contributed by atoms with Gasteiger partial charge in [0.25, 0.3) is 0 Å². The molecule has 2 rings (SSSR count). The van der Waals surface area contributed by atoms with Crippen LogP contribution in [0.25, 0.3) is 0 Å². The second-order valence-corrected chi connectivity index (χ2v) is 5.27. The van der Waals surface area contributed by atoms with E-state index in [2.05, 4.69) is 0 Å². The van der Waals surface area contributed by atoms with Gasteiger partial charge < -0.3 is 28.4 Å². The van der Waals surface area contributed by atoms with Gasteiger partial charge in [-0.3, -0.25) is 4.79 Å². The molecule has 4 atom stereocenters. The minimum atomic E-state index is -0.704. The second kappa shape index (κ2) is 6.36. The largest absolute Gasteiger partial charge is 0.463 e. The first-order valence-electron chi connectivity index (χ1n) is 6.68. The third-order valence-electron chi connectivity index (χ3n) is 3.14. The lowest BCUT2D eigenvalue weighted by molar-refractivity contribution is -0.224. The SMILES string of the molecule is COCCO[C@H]1[C@@H](COC(C)=O)OC2OC(C)(C)O[C@@H]21. The average Bonchev–Trinajstić information content (AvgIpc) is 2.80. The summed E-state index contributed by atoms with van der Waals surface area (Å²) in [6, 6.07) is 0. The van der Waals surface area contributed by atoms with Gasteiger partial charge >= 0.3 is 5.97 Å². The molecule has 0 amide bonds. The molecule has 0 spiro atoms. The Kier molecular flexibility index (Phi) is 4.98. The molecule has 0 bridgehead atoms. The van der Waals surface area contributed by atoms with E-state index < -0.39 is 18.2 Å². The molecule has 0 radical (unpaired) electrons. The van der Waals surface area contributed by atoms with E-state index in [4.69, 9.17) is 28.4 Å². The van der Waals surface area contributed by atoms with Crippen LogP contribution >= 0.6 is 0 Å². The van der Waals surface area contributed by atoms with Gasteiger partial charge in [-0.15, -0.1) is 0 Å². The zero-order valence-electron chi connectivity index (χ0n) is 12.3. The smallest absolute Gasteiger partial charge is 0.302 e. The Labute approximate surface area is 118 Å². The third kappa shape index (κ3) is 3.67. The Morgan fingerprint density at radius 3 is 2.65 bits per heavy atom. The van der Waals surface area contributed by atoms with Crippen molar-refractivity contribution in [1.82, 2.24) is 0 Å². The highest BCUT2D eigenvalue weighted by Crippen LogP contribution is 2.38. The van der Waals surface area contributed by atoms with E-state index >= 15 is 0 Å². The molecule has 0 aromatic rings. The van der Waals surface area contributed by atoms with Crippen molar-refractivity contribution in [3.05, 3.63) is 0 Å². The predicted molar refractivity (Wildman–Crippen MR) is 66.9 cm³/mol. The molecule has 0 aromatic carbocycles. The molecule has 1 unspecified atom stereocenters. The molecule has 2 aliphatic heterocycles. The van der Waals surface area contributed by atoms with Crippen LogP contribution in [-0.2, 0) is 33.2 Å². The molecule has 2 aliphatic rings. The minimum absolute atomic E-state index is 0.118. The number of ether oxygens (including phenoxy) is 6. The first-order chi connectivity index (χ1) is 9.43. The summed E-state index contributed by atoms with van der Waals surface area (Å²) in [4.78, 5) is 10.9. The highest BCUT2D eigenvalue weighted by molar-refractivity contribution is 5.65. The second-order valence-electron chi connectivity index (χ2n) is 5.27. The summed E-state index contributed by atoms with van der Waals surface area (Å²) >= 11 is 0. The Balaban J connectivity index is 1.96. The number of hydrogen-bond acceptors (Lipinski definition) is 7. The van der Waals surface area contributed by atoms with Crippen LogP contribution in [0.3, 0.4) is 0 Å². The van der Waals surface area contributed by atoms with Crippen molar-refractivity contribution < 1.29 is 33.2 Å². The van der Waals surface area contributed by atoms with Gasteiger partial charge in [0.15, 0.2) is 12.1 Å². The molecule has 7 nitrogen and oxygen atoms in total. The Morgan fingerprint density at radius 1 is 1.25 bits per heavy atom. The topological polar surface area (TPSA) is 72.5 Å². The van der Waals surface area contributed by atoms with Gasteiger partial charge in [-0.05, 0) is 13.8 Å². The fraction of sp³-hybridized carbons (Fsp3) is 0.923. The maximum atomic E-state index is 10.9. The molecule has 2 saturated heterocycles. The van der Waals surface area contributed by atoms with Crippen LogP contribution in [0.4, 0.5) is 0 Å². The van der Waals surface area contributed by atoms with Crippen molar-refractivity contribution in [2.75, 3.05) is 26.9 Å². The standard InChI is InChI=1S/C13H22O7/c1-8(14)17-7-9-10(16-6-5-15-4)11-12(18-9)20-13(2,3)19-11/h9-12H,5-7H2,1-4H3/t9-,10+,11-,12?/m1/s1. The molecule has 20 heavy (non-hydrogen) atoms. The van der Waals surface area contributed by atoms with Crippen molar-refractivity contribution >= 4 is 5.97 Å². The first-order valence-corrected chi connectivity index (χ1v) is 6.68. The quantitative estimate of drug-likeness (QED) is 0.519. The van der Waals surface area contributed by atoms with Crippen LogP contribution in [0.2, 0.25) is 0 Å². The van der Waals surface area contributed by atoms with E-state index in [9.17, 15) is 4.79 Å². The van der Waals surface area contributed by atoms with Gasteiger partial charge in [0.05, 0.1) is 13.2 Å². The summed E-state index contributed by atoms with van der Waals surface area (Å²) in [5, 5.41) is 0. The lowest BCUT2D eigenvalue weighted by Crippen LogP contribution is -2.39. The van der Waals surface area contributed by atoms with Crippen LogP contribution in [0.1, 0.15) is 20.8 Å². The lowest BCUT2D eigenvalue weighted by Gasteiger charge is -2.25. The van der Waals surface area contributed by atoms with E-state index in [-0.39, 0.29) is 24.8 Å². The number of carbonyl (C=O) groups is 1. The summed E-state index contributed by atoms with van der Waals surface area (Å²) in [7, 11) is 1.60. The number of methoxy groups -OCH3 is 1. The first kappa shape index (κ1) is 15.7. The lowest BCUT2D eigenvalue weighted by atomic mass is 10.1. The van der Waals surface area contributed by atoms with Gasteiger partial charge in [0.2, 0.25) is 0 Å². The summed E-state index contributed by atoms with van der Waals surface area (Å²) < 4.78 is 32.9. The van der Waals surface area contributed by atoms with Gasteiger partial charge in [0, 0.05) is 14.0 Å². The van der Waals surface area contributed by atoms with E-state index in [1.807, 2.05) is 13.8 Å². The van der Waals surface area contributed by atoms with Crippen molar-refractivity contribution in [3.63, 3.8) is 0 Å². The Hall–Kier alpha value is -0.730. The van der Waals surface area contributed by atoms with E-state index in [1.54, 1.807) is 7.11 Å². The molecule has 0 aromatic heterocycles. The summed E-state index contributed by atoms with van der Waals surface area (Å²) in [6.07, 6.45) is -1.58. The molecule has 2 heterocycles. The summed E-state index contributed by atoms with van der Waals surface area (Å²) in [5.41, 5.74) is 0. The third-order valence-corrected chi connectivity index (χ3v) is 3.14. The minimum Gasteiger partial charge on any atom is -0.463 e.